The molecular formula is C12H14N4S. The van der Waals surface area contributed by atoms with E-state index in [0.717, 1.165) is 30.2 Å². The molecule has 0 bridgehead atoms. The number of hydrogen-bond acceptors (Lipinski definition) is 4. The van der Waals surface area contributed by atoms with Gasteiger partial charge in [0.2, 0.25) is 0 Å². The zero-order valence-corrected chi connectivity index (χ0v) is 10.3. The van der Waals surface area contributed by atoms with Gasteiger partial charge in [-0.05, 0) is 12.1 Å². The molecule has 3 heterocycles. The molecule has 1 aliphatic rings. The van der Waals surface area contributed by atoms with Crippen LogP contribution >= 0.6 is 11.8 Å². The van der Waals surface area contributed by atoms with Gasteiger partial charge < -0.3 is 4.90 Å². The lowest BCUT2D eigenvalue weighted by molar-refractivity contribution is 0.833. The molecule has 1 aliphatic heterocycles. The van der Waals surface area contributed by atoms with Crippen molar-refractivity contribution < 1.29 is 0 Å². The molecule has 17 heavy (non-hydrogen) atoms. The van der Waals surface area contributed by atoms with Gasteiger partial charge in [-0.15, -0.1) is 0 Å². The zero-order chi connectivity index (χ0) is 11.5. The second-order valence-electron chi connectivity index (χ2n) is 3.98. The van der Waals surface area contributed by atoms with Crippen molar-refractivity contribution in [2.45, 2.75) is 0 Å². The second-order valence-corrected chi connectivity index (χ2v) is 5.20. The Bertz CT molecular complexity index is 476. The molecule has 1 fully saturated rings. The molecule has 0 unspecified atom stereocenters. The fraction of sp³-hybridized carbons (Fsp3) is 0.333. The molecule has 1 N–H and O–H groups in total. The Morgan fingerprint density at radius 3 is 2.71 bits per heavy atom. The lowest BCUT2D eigenvalue weighted by Crippen LogP contribution is -2.32. The highest BCUT2D eigenvalue weighted by Gasteiger charge is 2.14. The number of aromatic amines is 1. The van der Waals surface area contributed by atoms with E-state index in [1.54, 1.807) is 12.4 Å². The number of pyridine rings is 1. The number of anilines is 1. The number of aromatic nitrogens is 3. The molecule has 0 aliphatic carbocycles. The number of hydrogen-bond donors (Lipinski definition) is 1. The highest BCUT2D eigenvalue weighted by Crippen LogP contribution is 2.23. The monoisotopic (exact) mass is 246 g/mol. The topological polar surface area (TPSA) is 44.8 Å². The molecule has 3 rings (SSSR count). The molecular weight excluding hydrogens is 232 g/mol. The van der Waals surface area contributed by atoms with E-state index in [1.165, 1.54) is 11.5 Å². The Labute approximate surface area is 104 Å². The molecule has 0 aromatic carbocycles. The van der Waals surface area contributed by atoms with Crippen LogP contribution in [-0.4, -0.2) is 39.8 Å². The van der Waals surface area contributed by atoms with Crippen LogP contribution in [0.2, 0.25) is 0 Å². The van der Waals surface area contributed by atoms with E-state index in [4.69, 9.17) is 0 Å². The predicted molar refractivity (Wildman–Crippen MR) is 71.4 cm³/mol. The number of nitrogens with one attached hydrogen (secondary N) is 1. The molecule has 2 aromatic heterocycles. The summed E-state index contributed by atoms with van der Waals surface area (Å²) in [6.07, 6.45) is 3.60. The summed E-state index contributed by atoms with van der Waals surface area (Å²) in [7, 11) is 0. The summed E-state index contributed by atoms with van der Waals surface area (Å²) in [4.78, 5) is 6.35. The third-order valence-corrected chi connectivity index (χ3v) is 3.83. The minimum absolute atomic E-state index is 1.05. The van der Waals surface area contributed by atoms with Gasteiger partial charge in [0.05, 0.1) is 5.69 Å². The third-order valence-electron chi connectivity index (χ3n) is 2.89. The second kappa shape index (κ2) is 4.79. The summed E-state index contributed by atoms with van der Waals surface area (Å²) < 4.78 is 0. The molecule has 2 aromatic rings. The normalized spacial score (nSPS) is 16.1. The van der Waals surface area contributed by atoms with Crippen LogP contribution in [0, 0.1) is 0 Å². The van der Waals surface area contributed by atoms with Gasteiger partial charge in [-0.2, -0.15) is 16.9 Å². The summed E-state index contributed by atoms with van der Waals surface area (Å²) in [6, 6.07) is 6.10. The molecule has 0 saturated carbocycles. The quantitative estimate of drug-likeness (QED) is 0.880. The molecule has 0 amide bonds. The van der Waals surface area contributed by atoms with Crippen molar-refractivity contribution >= 4 is 17.6 Å². The van der Waals surface area contributed by atoms with Crippen molar-refractivity contribution in [1.82, 2.24) is 15.2 Å². The van der Waals surface area contributed by atoms with Crippen molar-refractivity contribution in [2.75, 3.05) is 29.5 Å². The largest absolute Gasteiger partial charge is 0.353 e. The van der Waals surface area contributed by atoms with E-state index < -0.39 is 0 Å². The molecule has 0 radical (unpaired) electrons. The van der Waals surface area contributed by atoms with E-state index in [1.807, 2.05) is 23.9 Å². The maximum Gasteiger partial charge on any atom is 0.151 e. The summed E-state index contributed by atoms with van der Waals surface area (Å²) in [5.41, 5.74) is 2.19. The Balaban J connectivity index is 1.83. The Kier molecular flexibility index (Phi) is 3.00. The van der Waals surface area contributed by atoms with Crippen molar-refractivity contribution in [3.05, 3.63) is 30.6 Å². The first-order valence-corrected chi connectivity index (χ1v) is 6.87. The zero-order valence-electron chi connectivity index (χ0n) is 9.47. The van der Waals surface area contributed by atoms with Gasteiger partial charge in [-0.25, -0.2) is 0 Å². The van der Waals surface area contributed by atoms with E-state index >= 15 is 0 Å². The summed E-state index contributed by atoms with van der Waals surface area (Å²) >= 11 is 2.01. The number of rotatable bonds is 2. The van der Waals surface area contributed by atoms with Gasteiger partial charge in [-0.3, -0.25) is 10.1 Å². The van der Waals surface area contributed by atoms with E-state index in [9.17, 15) is 0 Å². The lowest BCUT2D eigenvalue weighted by Gasteiger charge is -2.25. The van der Waals surface area contributed by atoms with Crippen LogP contribution in [0.15, 0.2) is 30.6 Å². The standard InChI is InChI=1S/C12H14N4S/c1-3-13-4-2-10(1)11-9-12(15-14-11)16-5-7-17-8-6-16/h1-4,9H,5-8H2,(H,14,15). The minimum Gasteiger partial charge on any atom is -0.353 e. The van der Waals surface area contributed by atoms with Gasteiger partial charge in [-0.1, -0.05) is 0 Å². The van der Waals surface area contributed by atoms with Crippen molar-refractivity contribution in [3.8, 4) is 11.3 Å². The Hall–Kier alpha value is -1.49. The summed E-state index contributed by atoms with van der Waals surface area (Å²) in [5, 5.41) is 7.48. The summed E-state index contributed by atoms with van der Waals surface area (Å²) in [6.45, 7) is 2.18. The molecule has 0 spiro atoms. The van der Waals surface area contributed by atoms with Crippen molar-refractivity contribution in [2.24, 2.45) is 0 Å². The first-order valence-electron chi connectivity index (χ1n) is 5.72. The average molecular weight is 246 g/mol. The van der Waals surface area contributed by atoms with Gasteiger partial charge >= 0.3 is 0 Å². The molecule has 1 saturated heterocycles. The van der Waals surface area contributed by atoms with Gasteiger partial charge in [0.15, 0.2) is 5.82 Å². The fourth-order valence-corrected chi connectivity index (χ4v) is 2.85. The van der Waals surface area contributed by atoms with Crippen molar-refractivity contribution in [1.29, 1.82) is 0 Å². The van der Waals surface area contributed by atoms with Gasteiger partial charge in [0.25, 0.3) is 0 Å². The van der Waals surface area contributed by atoms with Crippen LogP contribution in [0.4, 0.5) is 5.82 Å². The van der Waals surface area contributed by atoms with Crippen LogP contribution in [0.1, 0.15) is 0 Å². The third kappa shape index (κ3) is 2.29. The Morgan fingerprint density at radius 1 is 1.18 bits per heavy atom. The van der Waals surface area contributed by atoms with Gasteiger partial charge in [0.1, 0.15) is 0 Å². The van der Waals surface area contributed by atoms with E-state index in [0.29, 0.717) is 0 Å². The van der Waals surface area contributed by atoms with Crippen LogP contribution < -0.4 is 4.90 Å². The lowest BCUT2D eigenvalue weighted by atomic mass is 10.2. The van der Waals surface area contributed by atoms with Crippen LogP contribution in [0.3, 0.4) is 0 Å². The summed E-state index contributed by atoms with van der Waals surface area (Å²) in [5.74, 6) is 3.44. The average Bonchev–Trinajstić information content (AvgIpc) is 2.90. The van der Waals surface area contributed by atoms with E-state index in [2.05, 4.69) is 26.1 Å². The number of nitrogens with zero attached hydrogens (tertiary/aromatic N) is 3. The highest BCUT2D eigenvalue weighted by molar-refractivity contribution is 7.99. The van der Waals surface area contributed by atoms with Crippen LogP contribution in [-0.2, 0) is 0 Å². The SMILES string of the molecule is c1cc(-c2cc(N3CCSCC3)n[nH]2)ccn1. The highest BCUT2D eigenvalue weighted by atomic mass is 32.2. The maximum absolute atomic E-state index is 4.39. The van der Waals surface area contributed by atoms with Gasteiger partial charge in [0, 0.05) is 48.6 Å². The number of H-pyrrole nitrogens is 1. The first-order chi connectivity index (χ1) is 8.43. The molecule has 88 valence electrons. The molecule has 5 heteroatoms. The molecule has 0 atom stereocenters. The fourth-order valence-electron chi connectivity index (χ4n) is 1.94. The first kappa shape index (κ1) is 10.7. The Morgan fingerprint density at radius 2 is 1.94 bits per heavy atom. The van der Waals surface area contributed by atoms with Crippen LogP contribution in [0.25, 0.3) is 11.3 Å². The molecule has 4 nitrogen and oxygen atoms in total. The van der Waals surface area contributed by atoms with Crippen molar-refractivity contribution in [3.63, 3.8) is 0 Å². The smallest absolute Gasteiger partial charge is 0.151 e. The minimum atomic E-state index is 1.05. The predicted octanol–water partition coefficient (Wildman–Crippen LogP) is 2.02. The van der Waals surface area contributed by atoms with Crippen LogP contribution in [0.5, 0.6) is 0 Å². The maximum atomic E-state index is 4.39. The number of thioether (sulfide) groups is 1. The van der Waals surface area contributed by atoms with E-state index in [-0.39, 0.29) is 0 Å².